The Balaban J connectivity index is 1.27. The lowest BCUT2D eigenvalue weighted by Crippen LogP contribution is -2.33. The van der Waals surface area contributed by atoms with Crippen LogP contribution in [0.3, 0.4) is 0 Å². The van der Waals surface area contributed by atoms with Gasteiger partial charge in [-0.3, -0.25) is 4.79 Å². The van der Waals surface area contributed by atoms with E-state index >= 15 is 0 Å². The molecule has 31 heavy (non-hydrogen) atoms. The van der Waals surface area contributed by atoms with E-state index in [9.17, 15) is 4.79 Å². The van der Waals surface area contributed by atoms with Crippen LogP contribution < -0.4 is 9.47 Å². The Labute approximate surface area is 185 Å². The highest BCUT2D eigenvalue weighted by Gasteiger charge is 2.29. The summed E-state index contributed by atoms with van der Waals surface area (Å²) >= 11 is 1.48. The number of carbonyl (C=O) groups excluding carboxylic acids is 1. The van der Waals surface area contributed by atoms with Gasteiger partial charge in [-0.05, 0) is 51.8 Å². The maximum atomic E-state index is 13.0. The molecular weight excluding hydrogens is 412 g/mol. The molecule has 1 aromatic carbocycles. The average Bonchev–Trinajstić information content (AvgIpc) is 3.49. The molecule has 1 saturated carbocycles. The fraction of sp³-hybridized carbons (Fsp3) is 0.435. The van der Waals surface area contributed by atoms with Gasteiger partial charge in [0.2, 0.25) is 0 Å². The molecule has 8 heteroatoms. The number of nitrogens with zero attached hydrogens (tertiary/aromatic N) is 4. The molecule has 2 aliphatic rings. The summed E-state index contributed by atoms with van der Waals surface area (Å²) < 4.78 is 16.3. The molecule has 0 N–H and O–H groups in total. The van der Waals surface area contributed by atoms with Crippen molar-refractivity contribution in [2.24, 2.45) is 0 Å². The molecule has 0 amide bonds. The summed E-state index contributed by atoms with van der Waals surface area (Å²) in [6.45, 7) is 7.13. The van der Waals surface area contributed by atoms with Crippen molar-refractivity contribution in [1.82, 2.24) is 19.3 Å². The van der Waals surface area contributed by atoms with Gasteiger partial charge in [0.15, 0.2) is 28.5 Å². The molecule has 3 heterocycles. The van der Waals surface area contributed by atoms with Crippen LogP contribution in [0, 0.1) is 20.8 Å². The molecule has 1 aliphatic carbocycles. The average molecular weight is 439 g/mol. The highest BCUT2D eigenvalue weighted by molar-refractivity contribution is 7.99. The lowest BCUT2D eigenvalue weighted by molar-refractivity contribution is 0.0777. The fourth-order valence-electron chi connectivity index (χ4n) is 4.13. The summed E-state index contributed by atoms with van der Waals surface area (Å²) in [5, 5.41) is 9.31. The zero-order valence-corrected chi connectivity index (χ0v) is 18.8. The SMILES string of the molecule is Cc1cc(C(=O)CSc2nnc(C)n2C2CC2)c(C)n1C[C@@H]1COc2ccccc2O1. The quantitative estimate of drug-likeness (QED) is 0.408. The first-order valence-electron chi connectivity index (χ1n) is 10.6. The number of ketones is 1. The Bertz CT molecular complexity index is 1130. The van der Waals surface area contributed by atoms with E-state index in [1.54, 1.807) is 0 Å². The second kappa shape index (κ2) is 8.07. The van der Waals surface area contributed by atoms with E-state index in [2.05, 4.69) is 19.3 Å². The number of aryl methyl sites for hydroxylation is 2. The van der Waals surface area contributed by atoms with Gasteiger partial charge in [-0.25, -0.2) is 0 Å². The van der Waals surface area contributed by atoms with Crippen LogP contribution in [0.5, 0.6) is 11.5 Å². The van der Waals surface area contributed by atoms with E-state index < -0.39 is 0 Å². The lowest BCUT2D eigenvalue weighted by Gasteiger charge is -2.27. The molecule has 0 spiro atoms. The van der Waals surface area contributed by atoms with E-state index in [1.165, 1.54) is 24.6 Å². The third-order valence-corrected chi connectivity index (χ3v) is 6.85. The molecule has 5 rings (SSSR count). The van der Waals surface area contributed by atoms with Crippen molar-refractivity contribution in [2.45, 2.75) is 57.5 Å². The maximum Gasteiger partial charge on any atom is 0.191 e. The number of para-hydroxylation sites is 2. The minimum atomic E-state index is -0.0999. The summed E-state index contributed by atoms with van der Waals surface area (Å²) in [5.41, 5.74) is 2.77. The smallest absolute Gasteiger partial charge is 0.191 e. The van der Waals surface area contributed by atoms with Crippen LogP contribution in [0.1, 0.15) is 46.5 Å². The van der Waals surface area contributed by atoms with Gasteiger partial charge in [0, 0.05) is 23.0 Å². The molecule has 1 atom stereocenters. The molecular formula is C23H26N4O3S. The minimum Gasteiger partial charge on any atom is -0.486 e. The number of hydrogen-bond acceptors (Lipinski definition) is 6. The predicted octanol–water partition coefficient (Wildman–Crippen LogP) is 4.15. The van der Waals surface area contributed by atoms with Gasteiger partial charge < -0.3 is 18.6 Å². The third kappa shape index (κ3) is 3.96. The van der Waals surface area contributed by atoms with E-state index in [0.717, 1.165) is 39.4 Å². The van der Waals surface area contributed by atoms with Gasteiger partial charge in [-0.1, -0.05) is 23.9 Å². The normalized spacial score (nSPS) is 17.7. The van der Waals surface area contributed by atoms with E-state index in [4.69, 9.17) is 9.47 Å². The molecule has 7 nitrogen and oxygen atoms in total. The Morgan fingerprint density at radius 1 is 1.16 bits per heavy atom. The zero-order valence-electron chi connectivity index (χ0n) is 18.0. The number of rotatable bonds is 7. The molecule has 0 saturated heterocycles. The van der Waals surface area contributed by atoms with Crippen LogP contribution in [0.2, 0.25) is 0 Å². The van der Waals surface area contributed by atoms with Crippen molar-refractivity contribution in [3.8, 4) is 11.5 Å². The lowest BCUT2D eigenvalue weighted by atomic mass is 10.2. The van der Waals surface area contributed by atoms with Crippen LogP contribution in [0.15, 0.2) is 35.5 Å². The number of benzene rings is 1. The molecule has 162 valence electrons. The number of hydrogen-bond donors (Lipinski definition) is 0. The molecule has 1 aliphatic heterocycles. The van der Waals surface area contributed by atoms with Crippen molar-refractivity contribution in [3.63, 3.8) is 0 Å². The number of aromatic nitrogens is 4. The summed E-state index contributed by atoms with van der Waals surface area (Å²) in [4.78, 5) is 13.0. The van der Waals surface area contributed by atoms with Crippen LogP contribution in [0.25, 0.3) is 0 Å². The Morgan fingerprint density at radius 3 is 2.71 bits per heavy atom. The van der Waals surface area contributed by atoms with Gasteiger partial charge in [0.1, 0.15) is 12.4 Å². The number of thioether (sulfide) groups is 1. The van der Waals surface area contributed by atoms with Crippen molar-refractivity contribution in [2.75, 3.05) is 12.4 Å². The fourth-order valence-corrected chi connectivity index (χ4v) is 5.06. The molecule has 3 aromatic rings. The summed E-state index contributed by atoms with van der Waals surface area (Å²) in [7, 11) is 0. The second-order valence-electron chi connectivity index (χ2n) is 8.24. The standard InChI is InChI=1S/C23H26N4O3S/c1-14-10-19(20(28)13-31-23-25-24-16(3)27(23)17-8-9-17)15(2)26(14)11-18-12-29-21-6-4-5-7-22(21)30-18/h4-7,10,17-18H,8-9,11-13H2,1-3H3/t18-/m1/s1. The predicted molar refractivity (Wildman–Crippen MR) is 118 cm³/mol. The van der Waals surface area contributed by atoms with E-state index in [1.807, 2.05) is 51.1 Å². The Hall–Kier alpha value is -2.74. The monoisotopic (exact) mass is 438 g/mol. The summed E-state index contributed by atoms with van der Waals surface area (Å²) in [6, 6.07) is 10.2. The van der Waals surface area contributed by atoms with Gasteiger partial charge in [0.25, 0.3) is 0 Å². The topological polar surface area (TPSA) is 71.2 Å². The van der Waals surface area contributed by atoms with Crippen LogP contribution in [-0.4, -0.2) is 43.6 Å². The van der Waals surface area contributed by atoms with Crippen molar-refractivity contribution in [1.29, 1.82) is 0 Å². The van der Waals surface area contributed by atoms with Crippen LogP contribution >= 0.6 is 11.8 Å². The Kier molecular flexibility index (Phi) is 5.25. The summed E-state index contributed by atoms with van der Waals surface area (Å²) in [5.74, 6) is 2.93. The molecule has 2 aromatic heterocycles. The first-order valence-corrected chi connectivity index (χ1v) is 11.6. The van der Waals surface area contributed by atoms with Crippen LogP contribution in [-0.2, 0) is 6.54 Å². The van der Waals surface area contributed by atoms with Crippen LogP contribution in [0.4, 0.5) is 0 Å². The minimum absolute atomic E-state index is 0.0999. The van der Waals surface area contributed by atoms with Gasteiger partial charge in [0.05, 0.1) is 12.3 Å². The first kappa shape index (κ1) is 20.2. The zero-order chi connectivity index (χ0) is 21.5. The largest absolute Gasteiger partial charge is 0.486 e. The summed E-state index contributed by atoms with van der Waals surface area (Å²) in [6.07, 6.45) is 2.23. The highest BCUT2D eigenvalue weighted by atomic mass is 32.2. The molecule has 0 bridgehead atoms. The molecule has 0 unspecified atom stereocenters. The third-order valence-electron chi connectivity index (χ3n) is 5.91. The number of ether oxygens (including phenoxy) is 2. The van der Waals surface area contributed by atoms with Gasteiger partial charge in [-0.15, -0.1) is 10.2 Å². The molecule has 0 radical (unpaired) electrons. The van der Waals surface area contributed by atoms with E-state index in [-0.39, 0.29) is 11.9 Å². The second-order valence-corrected chi connectivity index (χ2v) is 9.18. The number of Topliss-reactive ketones (excluding diaryl/α,β-unsaturated/α-hetero) is 1. The van der Waals surface area contributed by atoms with Gasteiger partial charge in [-0.2, -0.15) is 0 Å². The van der Waals surface area contributed by atoms with Gasteiger partial charge >= 0.3 is 0 Å². The highest BCUT2D eigenvalue weighted by Crippen LogP contribution is 2.38. The first-order chi connectivity index (χ1) is 15.0. The van der Waals surface area contributed by atoms with Crippen molar-refractivity contribution >= 4 is 17.5 Å². The van der Waals surface area contributed by atoms with Crippen molar-refractivity contribution < 1.29 is 14.3 Å². The Morgan fingerprint density at radius 2 is 1.94 bits per heavy atom. The molecule has 1 fully saturated rings. The van der Waals surface area contributed by atoms with E-state index in [0.29, 0.717) is 24.9 Å². The number of carbonyl (C=O) groups is 1. The number of fused-ring (bicyclic) bond motifs is 1. The van der Waals surface area contributed by atoms with Crippen molar-refractivity contribution in [3.05, 3.63) is 53.1 Å². The maximum absolute atomic E-state index is 13.0.